The van der Waals surface area contributed by atoms with Crippen molar-refractivity contribution in [2.45, 2.75) is 40.0 Å². The molecule has 0 bridgehead atoms. The summed E-state index contributed by atoms with van der Waals surface area (Å²) in [7, 11) is 1.61. The maximum atomic E-state index is 12.6. The second kappa shape index (κ2) is 6.30. The molecule has 0 aliphatic heterocycles. The highest BCUT2D eigenvalue weighted by atomic mass is 16.5. The number of nitrogens with zero attached hydrogens (tertiary/aromatic N) is 1. The minimum absolute atomic E-state index is 0.207. The van der Waals surface area contributed by atoms with Crippen molar-refractivity contribution in [3.63, 3.8) is 0 Å². The number of ether oxygens (including phenoxy) is 1. The number of methoxy groups -OCH3 is 1. The van der Waals surface area contributed by atoms with Crippen molar-refractivity contribution in [1.82, 2.24) is 5.16 Å². The Hall–Kier alpha value is -2.30. The van der Waals surface area contributed by atoms with E-state index in [2.05, 4.69) is 31.2 Å². The molecular formula is C19H24N2O3. The van der Waals surface area contributed by atoms with Gasteiger partial charge >= 0.3 is 0 Å². The zero-order valence-corrected chi connectivity index (χ0v) is 14.7. The van der Waals surface area contributed by atoms with Crippen LogP contribution in [0.3, 0.4) is 0 Å². The van der Waals surface area contributed by atoms with Gasteiger partial charge in [0.15, 0.2) is 5.69 Å². The lowest BCUT2D eigenvalue weighted by molar-refractivity contribution is 0.101. The zero-order valence-electron chi connectivity index (χ0n) is 14.7. The van der Waals surface area contributed by atoms with Crippen molar-refractivity contribution in [1.29, 1.82) is 0 Å². The van der Waals surface area contributed by atoms with E-state index in [9.17, 15) is 4.79 Å². The van der Waals surface area contributed by atoms with Gasteiger partial charge in [-0.15, -0.1) is 0 Å². The molecule has 1 atom stereocenters. The molecule has 128 valence electrons. The Kier molecular flexibility index (Phi) is 4.35. The number of amides is 1. The minimum Gasteiger partial charge on any atom is -0.497 e. The summed E-state index contributed by atoms with van der Waals surface area (Å²) in [6.45, 7) is 6.73. The topological polar surface area (TPSA) is 64.4 Å². The molecule has 1 aromatic carbocycles. The third kappa shape index (κ3) is 3.30. The van der Waals surface area contributed by atoms with Crippen molar-refractivity contribution < 1.29 is 14.1 Å². The number of benzene rings is 1. The molecular weight excluding hydrogens is 304 g/mol. The van der Waals surface area contributed by atoms with E-state index in [1.807, 2.05) is 12.1 Å². The first-order valence-corrected chi connectivity index (χ1v) is 8.31. The summed E-state index contributed by atoms with van der Waals surface area (Å²) in [5.74, 6) is 1.91. The van der Waals surface area contributed by atoms with E-state index in [0.29, 0.717) is 17.3 Å². The Morgan fingerprint density at radius 1 is 1.29 bits per heavy atom. The molecule has 1 aliphatic rings. The summed E-state index contributed by atoms with van der Waals surface area (Å²) in [6, 6.07) is 7.23. The van der Waals surface area contributed by atoms with E-state index in [-0.39, 0.29) is 11.3 Å². The number of anilines is 1. The quantitative estimate of drug-likeness (QED) is 0.922. The number of carbonyl (C=O) groups excluding carboxylic acids is 1. The van der Waals surface area contributed by atoms with Crippen LogP contribution in [0.2, 0.25) is 0 Å². The van der Waals surface area contributed by atoms with Crippen LogP contribution in [0, 0.1) is 11.3 Å². The third-order valence-electron chi connectivity index (χ3n) is 4.83. The molecule has 5 nitrogen and oxygen atoms in total. The lowest BCUT2D eigenvalue weighted by atomic mass is 9.71. The molecule has 3 rings (SSSR count). The number of hydrogen-bond acceptors (Lipinski definition) is 4. The molecule has 0 fully saturated rings. The van der Waals surface area contributed by atoms with Gasteiger partial charge in [0, 0.05) is 17.7 Å². The highest BCUT2D eigenvalue weighted by Gasteiger charge is 2.34. The van der Waals surface area contributed by atoms with E-state index >= 15 is 0 Å². The molecule has 1 heterocycles. The van der Waals surface area contributed by atoms with Crippen molar-refractivity contribution in [2.24, 2.45) is 11.3 Å². The lowest BCUT2D eigenvalue weighted by Gasteiger charge is -2.33. The number of rotatable bonds is 3. The number of fused-ring (bicyclic) bond motifs is 1. The molecule has 1 aromatic heterocycles. The number of hydrogen-bond donors (Lipinski definition) is 1. The maximum Gasteiger partial charge on any atom is 0.278 e. The fourth-order valence-corrected chi connectivity index (χ4v) is 3.19. The highest BCUT2D eigenvalue weighted by molar-refractivity contribution is 6.04. The summed E-state index contributed by atoms with van der Waals surface area (Å²) in [5, 5.41) is 6.91. The minimum atomic E-state index is -0.222. The molecule has 1 amide bonds. The molecule has 1 aliphatic carbocycles. The number of aryl methyl sites for hydroxylation is 1. The largest absolute Gasteiger partial charge is 0.497 e. The van der Waals surface area contributed by atoms with E-state index in [1.165, 1.54) is 0 Å². The Labute approximate surface area is 142 Å². The summed E-state index contributed by atoms with van der Waals surface area (Å²) in [5.41, 5.74) is 2.29. The van der Waals surface area contributed by atoms with Gasteiger partial charge in [-0.05, 0) is 48.4 Å². The van der Waals surface area contributed by atoms with Crippen LogP contribution >= 0.6 is 0 Å². The SMILES string of the molecule is COc1ccc(NC(=O)c2noc3c2C[C@@H](C(C)(C)C)CC3)cc1. The van der Waals surface area contributed by atoms with Crippen LogP contribution in [0.25, 0.3) is 0 Å². The summed E-state index contributed by atoms with van der Waals surface area (Å²) < 4.78 is 10.5. The van der Waals surface area contributed by atoms with Gasteiger partial charge < -0.3 is 14.6 Å². The third-order valence-corrected chi connectivity index (χ3v) is 4.83. The molecule has 0 saturated carbocycles. The van der Waals surface area contributed by atoms with E-state index in [0.717, 1.165) is 36.3 Å². The standard InChI is InChI=1S/C19H24N2O3/c1-19(2,3)12-5-10-16-15(11-12)17(21-24-16)18(22)20-13-6-8-14(23-4)9-7-13/h6-9,12H,5,10-11H2,1-4H3,(H,20,22)/t12-/m0/s1. The Balaban J connectivity index is 1.78. The predicted molar refractivity (Wildman–Crippen MR) is 92.4 cm³/mol. The average molecular weight is 328 g/mol. The van der Waals surface area contributed by atoms with E-state index in [4.69, 9.17) is 9.26 Å². The van der Waals surface area contributed by atoms with Gasteiger partial charge in [0.2, 0.25) is 0 Å². The summed E-state index contributed by atoms with van der Waals surface area (Å²) in [6.07, 6.45) is 2.76. The monoisotopic (exact) mass is 328 g/mol. The molecule has 0 unspecified atom stereocenters. The van der Waals surface area contributed by atoms with Crippen molar-refractivity contribution in [3.8, 4) is 5.75 Å². The molecule has 0 spiro atoms. The molecule has 0 radical (unpaired) electrons. The normalized spacial score (nSPS) is 17.2. The zero-order chi connectivity index (χ0) is 17.3. The van der Waals surface area contributed by atoms with Crippen LogP contribution in [-0.4, -0.2) is 18.2 Å². The summed E-state index contributed by atoms with van der Waals surface area (Å²) >= 11 is 0. The second-order valence-electron chi connectivity index (χ2n) is 7.42. The highest BCUT2D eigenvalue weighted by Crippen LogP contribution is 2.38. The Bertz CT molecular complexity index is 726. The molecule has 0 saturated heterocycles. The Morgan fingerprint density at radius 2 is 2.00 bits per heavy atom. The van der Waals surface area contributed by atoms with Crippen molar-refractivity contribution >= 4 is 11.6 Å². The lowest BCUT2D eigenvalue weighted by Crippen LogP contribution is -2.27. The average Bonchev–Trinajstić information content (AvgIpc) is 2.98. The molecule has 2 aromatic rings. The predicted octanol–water partition coefficient (Wildman–Crippen LogP) is 4.09. The first kappa shape index (κ1) is 16.6. The summed E-state index contributed by atoms with van der Waals surface area (Å²) in [4.78, 5) is 12.6. The van der Waals surface area contributed by atoms with E-state index < -0.39 is 0 Å². The van der Waals surface area contributed by atoms with Gasteiger partial charge in [0.1, 0.15) is 11.5 Å². The fraction of sp³-hybridized carbons (Fsp3) is 0.474. The van der Waals surface area contributed by atoms with Crippen molar-refractivity contribution in [2.75, 3.05) is 12.4 Å². The number of nitrogens with one attached hydrogen (secondary N) is 1. The van der Waals surface area contributed by atoms with Gasteiger partial charge in [-0.2, -0.15) is 0 Å². The maximum absolute atomic E-state index is 12.6. The van der Waals surface area contributed by atoms with Crippen LogP contribution in [0.5, 0.6) is 5.75 Å². The molecule has 5 heteroatoms. The van der Waals surface area contributed by atoms with Crippen LogP contribution in [-0.2, 0) is 12.8 Å². The van der Waals surface area contributed by atoms with Gasteiger partial charge in [0.25, 0.3) is 5.91 Å². The second-order valence-corrected chi connectivity index (χ2v) is 7.42. The number of carbonyl (C=O) groups is 1. The van der Waals surface area contributed by atoms with Crippen molar-refractivity contribution in [3.05, 3.63) is 41.3 Å². The first-order chi connectivity index (χ1) is 11.4. The molecule has 1 N–H and O–H groups in total. The van der Waals surface area contributed by atoms with Gasteiger partial charge in [-0.3, -0.25) is 4.79 Å². The smallest absolute Gasteiger partial charge is 0.278 e. The Morgan fingerprint density at radius 3 is 2.62 bits per heavy atom. The van der Waals surface area contributed by atoms with Crippen LogP contribution in [0.1, 0.15) is 49.0 Å². The molecule has 24 heavy (non-hydrogen) atoms. The van der Waals surface area contributed by atoms with E-state index in [1.54, 1.807) is 19.2 Å². The fourth-order valence-electron chi connectivity index (χ4n) is 3.19. The van der Waals surface area contributed by atoms with Gasteiger partial charge in [-0.1, -0.05) is 25.9 Å². The van der Waals surface area contributed by atoms with Crippen LogP contribution in [0.4, 0.5) is 5.69 Å². The van der Waals surface area contributed by atoms with Crippen LogP contribution in [0.15, 0.2) is 28.8 Å². The van der Waals surface area contributed by atoms with Gasteiger partial charge in [0.05, 0.1) is 7.11 Å². The van der Waals surface area contributed by atoms with Crippen LogP contribution < -0.4 is 10.1 Å². The van der Waals surface area contributed by atoms with Gasteiger partial charge in [-0.25, -0.2) is 0 Å². The number of aromatic nitrogens is 1. The first-order valence-electron chi connectivity index (χ1n) is 8.31.